The highest BCUT2D eigenvalue weighted by Gasteiger charge is 2.50. The van der Waals surface area contributed by atoms with E-state index in [4.69, 9.17) is 4.42 Å². The molecule has 3 rings (SSSR count). The molecule has 1 aliphatic heterocycles. The number of hydrogen-bond acceptors (Lipinski definition) is 5. The van der Waals surface area contributed by atoms with Gasteiger partial charge in [-0.3, -0.25) is 10.2 Å². The number of furan rings is 1. The zero-order chi connectivity index (χ0) is 24.1. The number of hydrogen-bond donors (Lipinski definition) is 1. The van der Waals surface area contributed by atoms with Crippen molar-refractivity contribution >= 4 is 35.2 Å². The van der Waals surface area contributed by atoms with Gasteiger partial charge in [0.1, 0.15) is 26.9 Å². The molecule has 0 aliphatic carbocycles. The third-order valence-corrected chi connectivity index (χ3v) is 15.2. The average molecular weight is 493 g/mol. The largest absolute Gasteiger partial charge is 0.474 e. The number of carbonyl (C=O) groups excluding carboxylic acids is 1. The molecule has 0 atom stereocenters. The molecule has 0 unspecified atom stereocenters. The predicted molar refractivity (Wildman–Crippen MR) is 136 cm³/mol. The van der Waals surface area contributed by atoms with E-state index in [0.29, 0.717) is 25.2 Å². The molecule has 1 aliphatic rings. The molecule has 0 spiro atoms. The van der Waals surface area contributed by atoms with Gasteiger partial charge in [-0.15, -0.1) is 3.89 Å². The van der Waals surface area contributed by atoms with Crippen LogP contribution in [0.2, 0.25) is 18.1 Å². The number of carbonyl (C=O) groups is 1. The smallest absolute Gasteiger partial charge is 0.436 e. The van der Waals surface area contributed by atoms with Gasteiger partial charge in [-0.2, -0.15) is 8.42 Å². The molecule has 0 saturated carbocycles. The maximum Gasteiger partial charge on any atom is 0.436 e. The summed E-state index contributed by atoms with van der Waals surface area (Å²) in [5.74, 6) is -0.0865. The van der Waals surface area contributed by atoms with Crippen LogP contribution in [0.25, 0.3) is 0 Å². The normalized spacial score (nSPS) is 17.1. The summed E-state index contributed by atoms with van der Waals surface area (Å²) in [6.07, 6.45) is 2.06. The van der Waals surface area contributed by atoms with E-state index in [-0.39, 0.29) is 18.8 Å². The molecule has 1 saturated heterocycles. The van der Waals surface area contributed by atoms with Gasteiger partial charge in [0.05, 0.1) is 11.6 Å². The van der Waals surface area contributed by atoms with Crippen molar-refractivity contribution < 1.29 is 21.5 Å². The summed E-state index contributed by atoms with van der Waals surface area (Å²) in [4.78, 5) is 15.4. The Morgan fingerprint density at radius 3 is 2.27 bits per heavy atom. The summed E-state index contributed by atoms with van der Waals surface area (Å²) in [7, 11) is -3.46. The Labute approximate surface area is 199 Å². The molecular weight excluding hydrogens is 454 g/mol. The van der Waals surface area contributed by atoms with Gasteiger partial charge in [-0.1, -0.05) is 57.1 Å². The lowest BCUT2D eigenvalue weighted by molar-refractivity contribution is -0.726. The van der Waals surface area contributed by atoms with Crippen molar-refractivity contribution in [3.63, 3.8) is 0 Å². The van der Waals surface area contributed by atoms with Crippen LogP contribution >= 0.6 is 0 Å². The Bertz CT molecular complexity index is 1020. The first kappa shape index (κ1) is 25.7. The van der Waals surface area contributed by atoms with E-state index in [2.05, 4.69) is 37.1 Å². The Morgan fingerprint density at radius 1 is 1.09 bits per heavy atom. The van der Waals surface area contributed by atoms with Crippen molar-refractivity contribution in [3.05, 3.63) is 48.2 Å². The summed E-state index contributed by atoms with van der Waals surface area (Å²) in [5.41, 5.74) is 1.50. The van der Waals surface area contributed by atoms with Gasteiger partial charge in [-0.25, -0.2) is 4.79 Å². The minimum absolute atomic E-state index is 0.0865. The lowest BCUT2D eigenvalue weighted by Crippen LogP contribution is -2.66. The number of nitrogens with zero attached hydrogens (tertiary/aromatic N) is 2. The van der Waals surface area contributed by atoms with E-state index < -0.39 is 28.0 Å². The number of rotatable bonds is 9. The minimum atomic E-state index is -3.76. The van der Waals surface area contributed by atoms with Crippen LogP contribution < -0.4 is 10.7 Å². The highest BCUT2D eigenvalue weighted by Crippen LogP contribution is 2.25. The summed E-state index contributed by atoms with van der Waals surface area (Å²) in [6.45, 7) is 8.25. The van der Waals surface area contributed by atoms with Gasteiger partial charge >= 0.3 is 16.1 Å². The molecule has 1 aromatic carbocycles. The average Bonchev–Trinajstić information content (AvgIpc) is 3.30. The van der Waals surface area contributed by atoms with Crippen LogP contribution in [0.5, 0.6) is 0 Å². The van der Waals surface area contributed by atoms with Crippen molar-refractivity contribution in [2.24, 2.45) is 0 Å². The molecule has 1 aromatic heterocycles. The summed E-state index contributed by atoms with van der Waals surface area (Å²) < 4.78 is 32.7. The second-order valence-corrected chi connectivity index (χ2v) is 16.6. The molecule has 2 heterocycles. The second-order valence-electron chi connectivity index (χ2n) is 9.13. The fraction of sp³-hybridized carbons (Fsp3) is 0.542. The Morgan fingerprint density at radius 2 is 1.70 bits per heavy atom. The molecule has 33 heavy (non-hydrogen) atoms. The number of quaternary nitrogens is 1. The van der Waals surface area contributed by atoms with Crippen molar-refractivity contribution in [1.29, 1.82) is 0 Å². The number of amides is 2. The van der Waals surface area contributed by atoms with Gasteiger partial charge in [0, 0.05) is 18.8 Å². The summed E-state index contributed by atoms with van der Waals surface area (Å²) in [5, 5.41) is 3.90. The molecule has 182 valence electrons. The van der Waals surface area contributed by atoms with E-state index in [1.807, 2.05) is 25.2 Å². The number of aryl methyl sites for hydroxylation is 1. The molecule has 0 bridgehead atoms. The molecule has 2 amide bonds. The number of sulfonamides is 1. The summed E-state index contributed by atoms with van der Waals surface area (Å²) >= 11 is 0. The quantitative estimate of drug-likeness (QED) is 0.425. The first-order valence-electron chi connectivity index (χ1n) is 11.9. The van der Waals surface area contributed by atoms with E-state index in [1.54, 1.807) is 18.4 Å². The Balaban J connectivity index is 1.81. The van der Waals surface area contributed by atoms with E-state index in [0.717, 1.165) is 29.1 Å². The maximum atomic E-state index is 13.7. The maximum absolute atomic E-state index is 13.7. The molecular formula is C24H38N3O4SSi+. The van der Waals surface area contributed by atoms with E-state index in [1.165, 1.54) is 0 Å². The SMILES string of the molecule is CC[Si](CC)(CC)c1cc(CCS(=O)(=O)[N+]2(C(=O)Nc3ccccc3)CCN(C)CC2)co1. The zero-order valence-electron chi connectivity index (χ0n) is 20.3. The topological polar surface area (TPSA) is 79.6 Å². The number of piperazine rings is 1. The molecule has 2 aromatic rings. The van der Waals surface area contributed by atoms with Crippen LogP contribution in [0, 0.1) is 0 Å². The number of benzene rings is 1. The van der Waals surface area contributed by atoms with Crippen LogP contribution in [0.1, 0.15) is 26.3 Å². The third kappa shape index (κ3) is 5.26. The van der Waals surface area contributed by atoms with Crippen molar-refractivity contribution in [3.8, 4) is 0 Å². The fourth-order valence-electron chi connectivity index (χ4n) is 4.72. The Kier molecular flexibility index (Phi) is 8.20. The second kappa shape index (κ2) is 10.5. The standard InChI is InChI=1S/C24H37N3O4SSi/c1-5-33(6-2,7-3)23-19-21(20-31-23)13-18-32(29,30)27(16-14-26(4)15-17-27)24(28)25-22-11-9-8-10-12-22/h8-12,19-20H,5-7,13-18H2,1-4H3/p+1. The zero-order valence-corrected chi connectivity index (χ0v) is 22.2. The molecule has 9 heteroatoms. The molecule has 0 radical (unpaired) electrons. The number of anilines is 1. The molecule has 1 fully saturated rings. The van der Waals surface area contributed by atoms with E-state index in [9.17, 15) is 13.2 Å². The van der Waals surface area contributed by atoms with Crippen LogP contribution in [-0.4, -0.2) is 70.3 Å². The van der Waals surface area contributed by atoms with Crippen molar-refractivity contribution in [2.45, 2.75) is 45.3 Å². The Hall–Kier alpha value is -1.94. The number of likely N-dealkylation sites (N-methyl/N-ethyl adjacent to an activating group) is 1. The number of para-hydroxylation sites is 1. The van der Waals surface area contributed by atoms with Gasteiger partial charge in [0.2, 0.25) is 0 Å². The monoisotopic (exact) mass is 492 g/mol. The van der Waals surface area contributed by atoms with Crippen molar-refractivity contribution in [2.75, 3.05) is 44.3 Å². The minimum Gasteiger partial charge on any atom is -0.474 e. The van der Waals surface area contributed by atoms with Crippen molar-refractivity contribution in [1.82, 2.24) is 4.90 Å². The number of nitrogens with one attached hydrogen (secondary N) is 1. The fourth-order valence-corrected chi connectivity index (χ4v) is 9.93. The first-order valence-corrected chi connectivity index (χ1v) is 16.2. The molecule has 1 N–H and O–H groups in total. The highest BCUT2D eigenvalue weighted by atomic mass is 32.2. The highest BCUT2D eigenvalue weighted by molar-refractivity contribution is 7.86. The van der Waals surface area contributed by atoms with Gasteiger partial charge < -0.3 is 4.42 Å². The summed E-state index contributed by atoms with van der Waals surface area (Å²) in [6, 6.07) is 14.0. The lowest BCUT2D eigenvalue weighted by atomic mass is 10.3. The van der Waals surface area contributed by atoms with Crippen LogP contribution in [0.15, 0.2) is 47.1 Å². The van der Waals surface area contributed by atoms with Crippen LogP contribution in [-0.2, 0) is 16.4 Å². The first-order chi connectivity index (χ1) is 15.7. The molecule has 7 nitrogen and oxygen atoms in total. The van der Waals surface area contributed by atoms with Crippen LogP contribution in [0.4, 0.5) is 10.5 Å². The van der Waals surface area contributed by atoms with Gasteiger partial charge in [0.15, 0.2) is 0 Å². The predicted octanol–water partition coefficient (Wildman–Crippen LogP) is 3.86. The van der Waals surface area contributed by atoms with Gasteiger partial charge in [0.25, 0.3) is 0 Å². The lowest BCUT2D eigenvalue weighted by Gasteiger charge is -2.39. The van der Waals surface area contributed by atoms with Gasteiger partial charge in [-0.05, 0) is 37.2 Å². The third-order valence-electron chi connectivity index (χ3n) is 7.47. The van der Waals surface area contributed by atoms with Crippen LogP contribution in [0.3, 0.4) is 0 Å². The van der Waals surface area contributed by atoms with E-state index >= 15 is 0 Å². The number of urea groups is 1.